The van der Waals surface area contributed by atoms with E-state index in [0.29, 0.717) is 22.8 Å². The summed E-state index contributed by atoms with van der Waals surface area (Å²) >= 11 is 6.05. The zero-order valence-electron chi connectivity index (χ0n) is 22.0. The second-order valence-corrected chi connectivity index (χ2v) is 11.8. The Morgan fingerprint density at radius 1 is 1.21 bits per heavy atom. The van der Waals surface area contributed by atoms with Crippen LogP contribution in [0.25, 0.3) is 5.69 Å². The Balaban J connectivity index is 2.23. The lowest BCUT2D eigenvalue weighted by Gasteiger charge is -2.21. The summed E-state index contributed by atoms with van der Waals surface area (Å²) in [6.07, 6.45) is 0.743. The molecule has 38 heavy (non-hydrogen) atoms. The van der Waals surface area contributed by atoms with Crippen LogP contribution in [-0.4, -0.2) is 53.1 Å². The van der Waals surface area contributed by atoms with Gasteiger partial charge in [-0.05, 0) is 64.4 Å². The molecule has 2 aromatic carbocycles. The highest BCUT2D eigenvalue weighted by molar-refractivity contribution is 7.89. The Labute approximate surface area is 226 Å². The number of halogens is 1. The number of nitro groups is 1. The van der Waals surface area contributed by atoms with E-state index in [9.17, 15) is 23.3 Å². The van der Waals surface area contributed by atoms with Gasteiger partial charge in [0.25, 0.3) is 11.6 Å². The van der Waals surface area contributed by atoms with Crippen LogP contribution in [0.3, 0.4) is 0 Å². The second-order valence-electron chi connectivity index (χ2n) is 9.74. The van der Waals surface area contributed by atoms with Gasteiger partial charge in [-0.1, -0.05) is 18.5 Å². The van der Waals surface area contributed by atoms with Gasteiger partial charge >= 0.3 is 0 Å². The summed E-state index contributed by atoms with van der Waals surface area (Å²) in [7, 11) is -2.59. The van der Waals surface area contributed by atoms with Gasteiger partial charge in [0.2, 0.25) is 15.9 Å². The average Bonchev–Trinajstić information content (AvgIpc) is 3.13. The lowest BCUT2D eigenvalue weighted by atomic mass is 10.1. The number of carbonyl (C=O) groups excluding carboxylic acids is 1. The summed E-state index contributed by atoms with van der Waals surface area (Å²) in [6, 6.07) is 9.89. The normalized spacial score (nSPS) is 11.9. The first kappa shape index (κ1) is 29.1. The van der Waals surface area contributed by atoms with E-state index < -0.39 is 31.1 Å². The zero-order chi connectivity index (χ0) is 28.4. The van der Waals surface area contributed by atoms with Crippen molar-refractivity contribution in [2.24, 2.45) is 0 Å². The van der Waals surface area contributed by atoms with Gasteiger partial charge < -0.3 is 9.64 Å². The summed E-state index contributed by atoms with van der Waals surface area (Å²) in [5.74, 6) is -0.444. The molecule has 3 rings (SSSR count). The van der Waals surface area contributed by atoms with E-state index in [0.717, 1.165) is 18.6 Å². The first-order valence-corrected chi connectivity index (χ1v) is 13.6. The first-order valence-electron chi connectivity index (χ1n) is 11.8. The third-order valence-electron chi connectivity index (χ3n) is 5.32. The van der Waals surface area contributed by atoms with Gasteiger partial charge in [0, 0.05) is 41.9 Å². The molecular weight excluding hydrogens is 534 g/mol. The number of nitrogens with one attached hydrogen (secondary N) is 1. The molecule has 0 unspecified atom stereocenters. The van der Waals surface area contributed by atoms with Crippen molar-refractivity contribution < 1.29 is 22.9 Å². The zero-order valence-corrected chi connectivity index (χ0v) is 23.6. The lowest BCUT2D eigenvalue weighted by Crippen LogP contribution is -2.40. The topological polar surface area (TPSA) is 137 Å². The van der Waals surface area contributed by atoms with Crippen LogP contribution in [0.1, 0.15) is 50.2 Å². The largest absolute Gasteiger partial charge is 0.437 e. The number of non-ortho nitro benzene ring substituents is 1. The van der Waals surface area contributed by atoms with Gasteiger partial charge in [-0.15, -0.1) is 0 Å². The average molecular weight is 564 g/mol. The second kappa shape index (κ2) is 11.1. The molecule has 13 heteroatoms. The number of ether oxygens (including phenoxy) is 1. The molecule has 0 saturated heterocycles. The maximum Gasteiger partial charge on any atom is 0.274 e. The van der Waals surface area contributed by atoms with Gasteiger partial charge in [-0.2, -0.15) is 9.78 Å². The number of nitrogens with zero attached hydrogens (tertiary/aromatic N) is 4. The van der Waals surface area contributed by atoms with E-state index in [4.69, 9.17) is 16.3 Å². The first-order chi connectivity index (χ1) is 17.6. The lowest BCUT2D eigenvalue weighted by molar-refractivity contribution is -0.385. The van der Waals surface area contributed by atoms with Crippen LogP contribution in [-0.2, 0) is 10.0 Å². The van der Waals surface area contributed by atoms with Crippen molar-refractivity contribution in [3.63, 3.8) is 0 Å². The Hall–Kier alpha value is -3.48. The minimum Gasteiger partial charge on any atom is -0.437 e. The fraction of sp³-hybridized carbons (Fsp3) is 0.360. The van der Waals surface area contributed by atoms with Gasteiger partial charge in [0.05, 0.1) is 10.6 Å². The van der Waals surface area contributed by atoms with E-state index in [2.05, 4.69) is 9.82 Å². The molecule has 0 fully saturated rings. The predicted octanol–water partition coefficient (Wildman–Crippen LogP) is 5.09. The molecule has 204 valence electrons. The number of hydrogen-bond donors (Lipinski definition) is 1. The number of benzene rings is 2. The Kier molecular flexibility index (Phi) is 8.49. The highest BCUT2D eigenvalue weighted by atomic mass is 35.5. The quantitative estimate of drug-likeness (QED) is 0.282. The molecule has 1 amide bonds. The fourth-order valence-electron chi connectivity index (χ4n) is 3.65. The number of hydrogen-bond acceptors (Lipinski definition) is 7. The molecule has 0 aliphatic heterocycles. The van der Waals surface area contributed by atoms with Gasteiger partial charge in [0.1, 0.15) is 10.6 Å². The Bertz CT molecular complexity index is 1460. The third kappa shape index (κ3) is 6.50. The van der Waals surface area contributed by atoms with Crippen LogP contribution < -0.4 is 9.46 Å². The van der Waals surface area contributed by atoms with Crippen molar-refractivity contribution >= 4 is 33.2 Å². The van der Waals surface area contributed by atoms with E-state index in [1.165, 1.54) is 15.6 Å². The summed E-state index contributed by atoms with van der Waals surface area (Å²) in [6.45, 7) is 9.02. The van der Waals surface area contributed by atoms with Gasteiger partial charge in [-0.25, -0.2) is 13.1 Å². The van der Waals surface area contributed by atoms with Gasteiger partial charge in [0.15, 0.2) is 5.69 Å². The van der Waals surface area contributed by atoms with Crippen molar-refractivity contribution in [1.82, 2.24) is 19.4 Å². The number of sulfonamides is 1. The Morgan fingerprint density at radius 2 is 1.84 bits per heavy atom. The highest BCUT2D eigenvalue weighted by Gasteiger charge is 2.30. The number of aromatic nitrogens is 2. The van der Waals surface area contributed by atoms with E-state index >= 15 is 0 Å². The van der Waals surface area contributed by atoms with E-state index in [1.54, 1.807) is 59.0 Å². The summed E-state index contributed by atoms with van der Waals surface area (Å²) in [5, 5.41) is 16.4. The van der Waals surface area contributed by atoms with Crippen molar-refractivity contribution in [2.45, 2.75) is 51.5 Å². The molecule has 1 N–H and O–H groups in total. The molecule has 0 radical (unpaired) electrons. The van der Waals surface area contributed by atoms with Crippen molar-refractivity contribution in [3.05, 3.63) is 68.9 Å². The number of carbonyl (C=O) groups is 1. The third-order valence-corrected chi connectivity index (χ3v) is 7.35. The molecule has 0 bridgehead atoms. The molecule has 1 heterocycles. The number of rotatable bonds is 9. The molecule has 0 spiro atoms. The van der Waals surface area contributed by atoms with Crippen molar-refractivity contribution in [1.29, 1.82) is 0 Å². The highest BCUT2D eigenvalue weighted by Crippen LogP contribution is 2.36. The molecular formula is C25H30ClN5O6S. The Morgan fingerprint density at radius 3 is 2.39 bits per heavy atom. The van der Waals surface area contributed by atoms with Crippen LogP contribution in [0.15, 0.2) is 47.4 Å². The standard InChI is InChI=1S/C25H30ClN5O6S/c1-7-14-29(6)23(32)22-16(2)24(30(27-22)18-10-8-17(26)9-11-18)37-20-13-12-19(31(33)34)15-21(20)38(35,36)28-25(3,4)5/h8-13,15,28H,7,14H2,1-6H3. The molecule has 1 aromatic heterocycles. The van der Waals surface area contributed by atoms with Crippen molar-refractivity contribution in [2.75, 3.05) is 13.6 Å². The summed E-state index contributed by atoms with van der Waals surface area (Å²) < 4.78 is 36.5. The number of nitro benzene ring substituents is 1. The van der Waals surface area contributed by atoms with Gasteiger partial charge in [-0.3, -0.25) is 14.9 Å². The molecule has 3 aromatic rings. The van der Waals surface area contributed by atoms with Crippen LogP contribution in [0.2, 0.25) is 5.02 Å². The predicted molar refractivity (Wildman–Crippen MR) is 144 cm³/mol. The minimum atomic E-state index is -4.25. The maximum absolute atomic E-state index is 13.3. The van der Waals surface area contributed by atoms with Crippen LogP contribution in [0, 0.1) is 17.0 Å². The fourth-order valence-corrected chi connectivity index (χ4v) is 5.34. The maximum atomic E-state index is 13.3. The minimum absolute atomic E-state index is 0.0710. The van der Waals surface area contributed by atoms with E-state index in [1.807, 2.05) is 6.92 Å². The molecule has 0 atom stereocenters. The van der Waals surface area contributed by atoms with Crippen molar-refractivity contribution in [3.8, 4) is 17.3 Å². The summed E-state index contributed by atoms with van der Waals surface area (Å²) in [5.41, 5.74) is -0.315. The van der Waals surface area contributed by atoms with Crippen LogP contribution >= 0.6 is 11.6 Å². The van der Waals surface area contributed by atoms with E-state index in [-0.39, 0.29) is 23.2 Å². The summed E-state index contributed by atoms with van der Waals surface area (Å²) in [4.78, 5) is 25.0. The monoisotopic (exact) mass is 563 g/mol. The molecule has 0 saturated carbocycles. The van der Waals surface area contributed by atoms with Crippen LogP contribution in [0.5, 0.6) is 11.6 Å². The molecule has 0 aliphatic rings. The number of amides is 1. The molecule has 0 aliphatic carbocycles. The SMILES string of the molecule is CCCN(C)C(=O)c1nn(-c2ccc(Cl)cc2)c(Oc2ccc([N+](=O)[O-])cc2S(=O)(=O)NC(C)(C)C)c1C. The molecule has 11 nitrogen and oxygen atoms in total. The smallest absolute Gasteiger partial charge is 0.274 e. The van der Waals surface area contributed by atoms with Crippen LogP contribution in [0.4, 0.5) is 5.69 Å².